The van der Waals surface area contributed by atoms with Crippen molar-refractivity contribution in [3.05, 3.63) is 29.7 Å². The van der Waals surface area contributed by atoms with Crippen LogP contribution in [0.25, 0.3) is 11.3 Å². The average Bonchev–Trinajstić information content (AvgIpc) is 2.64. The third kappa shape index (κ3) is 2.10. The molecule has 4 heteroatoms. The number of aryl methyl sites for hydroxylation is 2. The van der Waals surface area contributed by atoms with E-state index < -0.39 is 0 Å². The number of nitrogen functional groups attached to an aromatic ring is 1. The van der Waals surface area contributed by atoms with Crippen LogP contribution in [0.4, 0.5) is 5.69 Å². The van der Waals surface area contributed by atoms with Crippen molar-refractivity contribution in [2.75, 3.05) is 5.73 Å². The van der Waals surface area contributed by atoms with E-state index in [-0.39, 0.29) is 5.41 Å². The summed E-state index contributed by atoms with van der Waals surface area (Å²) in [6, 6.07) is 1.92. The molecule has 4 nitrogen and oxygen atoms in total. The molecule has 0 bridgehead atoms. The standard InChI is InChI=1S/C14H20N4/c1-9-6-7-16-12(11(9)15)10-8-18(5)17-13(10)14(2,3)4/h6-8H,15H2,1-5H3. The number of aromatic nitrogens is 3. The zero-order valence-corrected chi connectivity index (χ0v) is 11.7. The number of nitrogens with zero attached hydrogens (tertiary/aromatic N) is 3. The Hall–Kier alpha value is -1.84. The molecule has 0 amide bonds. The van der Waals surface area contributed by atoms with Crippen LogP contribution in [0.1, 0.15) is 32.0 Å². The molecule has 0 fully saturated rings. The fourth-order valence-corrected chi connectivity index (χ4v) is 2.00. The number of rotatable bonds is 1. The van der Waals surface area contributed by atoms with Crippen molar-refractivity contribution in [2.45, 2.75) is 33.1 Å². The predicted molar refractivity (Wildman–Crippen MR) is 74.3 cm³/mol. The molecule has 2 aromatic heterocycles. The second-order valence-electron chi connectivity index (χ2n) is 5.71. The minimum atomic E-state index is -0.0333. The van der Waals surface area contributed by atoms with E-state index in [4.69, 9.17) is 5.73 Å². The van der Waals surface area contributed by atoms with Gasteiger partial charge in [-0.15, -0.1) is 0 Å². The number of hydrogen-bond acceptors (Lipinski definition) is 3. The summed E-state index contributed by atoms with van der Waals surface area (Å²) in [4.78, 5) is 4.42. The van der Waals surface area contributed by atoms with Gasteiger partial charge in [0.1, 0.15) is 0 Å². The summed E-state index contributed by atoms with van der Waals surface area (Å²) < 4.78 is 1.82. The number of hydrogen-bond donors (Lipinski definition) is 1. The van der Waals surface area contributed by atoms with Crippen LogP contribution in [0.5, 0.6) is 0 Å². The van der Waals surface area contributed by atoms with Gasteiger partial charge in [-0.3, -0.25) is 9.67 Å². The first kappa shape index (κ1) is 12.6. The minimum absolute atomic E-state index is 0.0333. The van der Waals surface area contributed by atoms with Crippen LogP contribution in [0.3, 0.4) is 0 Å². The van der Waals surface area contributed by atoms with E-state index in [1.807, 2.05) is 30.9 Å². The zero-order valence-electron chi connectivity index (χ0n) is 11.7. The molecule has 2 heterocycles. The molecule has 0 spiro atoms. The highest BCUT2D eigenvalue weighted by molar-refractivity contribution is 5.76. The summed E-state index contributed by atoms with van der Waals surface area (Å²) in [6.07, 6.45) is 3.78. The van der Waals surface area contributed by atoms with E-state index in [0.717, 1.165) is 28.2 Å². The summed E-state index contributed by atoms with van der Waals surface area (Å²) in [5, 5.41) is 4.55. The molecule has 18 heavy (non-hydrogen) atoms. The highest BCUT2D eigenvalue weighted by Crippen LogP contribution is 2.34. The van der Waals surface area contributed by atoms with Crippen molar-refractivity contribution in [1.29, 1.82) is 0 Å². The maximum Gasteiger partial charge on any atom is 0.0968 e. The van der Waals surface area contributed by atoms with Crippen LogP contribution in [-0.2, 0) is 12.5 Å². The van der Waals surface area contributed by atoms with Crippen molar-refractivity contribution in [2.24, 2.45) is 7.05 Å². The highest BCUT2D eigenvalue weighted by Gasteiger charge is 2.24. The van der Waals surface area contributed by atoms with Crippen molar-refractivity contribution < 1.29 is 0 Å². The largest absolute Gasteiger partial charge is 0.397 e. The van der Waals surface area contributed by atoms with E-state index in [1.165, 1.54) is 0 Å². The lowest BCUT2D eigenvalue weighted by molar-refractivity contribution is 0.554. The van der Waals surface area contributed by atoms with Gasteiger partial charge in [-0.2, -0.15) is 5.10 Å². The van der Waals surface area contributed by atoms with Crippen LogP contribution >= 0.6 is 0 Å². The second kappa shape index (κ2) is 4.12. The van der Waals surface area contributed by atoms with Crippen molar-refractivity contribution in [3.63, 3.8) is 0 Å². The number of pyridine rings is 1. The van der Waals surface area contributed by atoms with Gasteiger partial charge in [0.05, 0.1) is 17.1 Å². The molecule has 0 aliphatic rings. The smallest absolute Gasteiger partial charge is 0.0968 e. The van der Waals surface area contributed by atoms with Crippen LogP contribution < -0.4 is 5.73 Å². The molecular weight excluding hydrogens is 224 g/mol. The topological polar surface area (TPSA) is 56.7 Å². The zero-order chi connectivity index (χ0) is 13.5. The fraction of sp³-hybridized carbons (Fsp3) is 0.429. The van der Waals surface area contributed by atoms with Gasteiger partial charge in [0, 0.05) is 30.4 Å². The maximum absolute atomic E-state index is 6.14. The quantitative estimate of drug-likeness (QED) is 0.839. The van der Waals surface area contributed by atoms with Crippen LogP contribution in [0.2, 0.25) is 0 Å². The molecule has 2 N–H and O–H groups in total. The predicted octanol–water partition coefficient (Wildman–Crippen LogP) is 2.67. The number of nitrogens with two attached hydrogens (primary N) is 1. The molecule has 2 rings (SSSR count). The Morgan fingerprint density at radius 1 is 1.28 bits per heavy atom. The lowest BCUT2D eigenvalue weighted by atomic mass is 9.88. The molecular formula is C14H20N4. The van der Waals surface area contributed by atoms with Crippen LogP contribution in [0.15, 0.2) is 18.5 Å². The molecule has 96 valence electrons. The normalized spacial score (nSPS) is 11.8. The van der Waals surface area contributed by atoms with E-state index in [2.05, 4.69) is 30.9 Å². The summed E-state index contributed by atoms with van der Waals surface area (Å²) in [6.45, 7) is 8.42. The summed E-state index contributed by atoms with van der Waals surface area (Å²) in [5.41, 5.74) is 10.8. The molecule has 0 aromatic carbocycles. The molecule has 2 aromatic rings. The second-order valence-corrected chi connectivity index (χ2v) is 5.71. The Morgan fingerprint density at radius 3 is 2.56 bits per heavy atom. The number of anilines is 1. The molecule has 0 saturated carbocycles. The van der Waals surface area contributed by atoms with E-state index in [9.17, 15) is 0 Å². The lowest BCUT2D eigenvalue weighted by Gasteiger charge is -2.18. The van der Waals surface area contributed by atoms with Gasteiger partial charge >= 0.3 is 0 Å². The Labute approximate surface area is 108 Å². The first-order valence-corrected chi connectivity index (χ1v) is 6.06. The first-order valence-electron chi connectivity index (χ1n) is 6.06. The van der Waals surface area contributed by atoms with Gasteiger partial charge in [0.2, 0.25) is 0 Å². The van der Waals surface area contributed by atoms with E-state index in [1.54, 1.807) is 6.20 Å². The maximum atomic E-state index is 6.14. The van der Waals surface area contributed by atoms with E-state index in [0.29, 0.717) is 0 Å². The van der Waals surface area contributed by atoms with Crippen molar-refractivity contribution >= 4 is 5.69 Å². The summed E-state index contributed by atoms with van der Waals surface area (Å²) in [5.74, 6) is 0. The van der Waals surface area contributed by atoms with E-state index >= 15 is 0 Å². The monoisotopic (exact) mass is 244 g/mol. The summed E-state index contributed by atoms with van der Waals surface area (Å²) >= 11 is 0. The Morgan fingerprint density at radius 2 is 1.94 bits per heavy atom. The Kier molecular flexibility index (Phi) is 2.89. The van der Waals surface area contributed by atoms with Crippen molar-refractivity contribution in [3.8, 4) is 11.3 Å². The minimum Gasteiger partial charge on any atom is -0.397 e. The fourth-order valence-electron chi connectivity index (χ4n) is 2.00. The third-order valence-electron chi connectivity index (χ3n) is 3.00. The van der Waals surface area contributed by atoms with Crippen LogP contribution in [-0.4, -0.2) is 14.8 Å². The molecule has 0 aliphatic heterocycles. The lowest BCUT2D eigenvalue weighted by Crippen LogP contribution is -2.14. The first-order chi connectivity index (χ1) is 8.30. The van der Waals surface area contributed by atoms with Crippen molar-refractivity contribution in [1.82, 2.24) is 14.8 Å². The van der Waals surface area contributed by atoms with Gasteiger partial charge in [-0.05, 0) is 18.6 Å². The SMILES string of the molecule is Cc1ccnc(-c2cn(C)nc2C(C)(C)C)c1N. The highest BCUT2D eigenvalue weighted by atomic mass is 15.3. The molecule has 0 saturated heterocycles. The molecule has 0 atom stereocenters. The summed E-state index contributed by atoms with van der Waals surface area (Å²) in [7, 11) is 1.92. The Balaban J connectivity index is 2.68. The van der Waals surface area contributed by atoms with Gasteiger partial charge in [-0.25, -0.2) is 0 Å². The van der Waals surface area contributed by atoms with Gasteiger partial charge in [0.25, 0.3) is 0 Å². The third-order valence-corrected chi connectivity index (χ3v) is 3.00. The van der Waals surface area contributed by atoms with Gasteiger partial charge in [-0.1, -0.05) is 20.8 Å². The van der Waals surface area contributed by atoms with Gasteiger partial charge < -0.3 is 5.73 Å². The van der Waals surface area contributed by atoms with Gasteiger partial charge in [0.15, 0.2) is 0 Å². The molecule has 0 unspecified atom stereocenters. The van der Waals surface area contributed by atoms with Crippen LogP contribution in [0, 0.1) is 6.92 Å². The molecule has 0 aliphatic carbocycles. The average molecular weight is 244 g/mol. The Bertz CT molecular complexity index is 576. The molecule has 0 radical (unpaired) electrons.